The number of aromatic hydroxyl groups is 1. The Morgan fingerprint density at radius 3 is 1.84 bits per heavy atom. The highest BCUT2D eigenvalue weighted by atomic mass is 16.4. The Kier molecular flexibility index (Phi) is 12.0. The van der Waals surface area contributed by atoms with E-state index in [1.54, 1.807) is 13.8 Å². The van der Waals surface area contributed by atoms with Crippen LogP contribution in [0.5, 0.6) is 5.75 Å². The van der Waals surface area contributed by atoms with Crippen molar-refractivity contribution in [3.63, 3.8) is 0 Å². The first-order chi connectivity index (χ1) is 17.2. The number of rotatable bonds is 15. The van der Waals surface area contributed by atoms with Crippen molar-refractivity contribution in [2.45, 2.75) is 63.7 Å². The Morgan fingerprint density at radius 1 is 0.838 bits per heavy atom. The van der Waals surface area contributed by atoms with Crippen molar-refractivity contribution in [1.29, 1.82) is 0 Å². The molecule has 1 aromatic carbocycles. The van der Waals surface area contributed by atoms with E-state index in [4.69, 9.17) is 11.5 Å². The van der Waals surface area contributed by atoms with Crippen LogP contribution in [0.3, 0.4) is 0 Å². The minimum atomic E-state index is -1.71. The van der Waals surface area contributed by atoms with Crippen LogP contribution >= 0.6 is 0 Å². The largest absolute Gasteiger partial charge is 0.508 e. The number of primary amides is 1. The van der Waals surface area contributed by atoms with E-state index in [0.717, 1.165) is 0 Å². The molecule has 0 spiro atoms. The number of hydrogen-bond donors (Lipinski definition) is 8. The molecule has 0 heterocycles. The maximum Gasteiger partial charge on any atom is 0.326 e. The number of carboxylic acid groups (broad SMARTS) is 2. The maximum atomic E-state index is 13.1. The molecule has 0 aromatic heterocycles. The van der Waals surface area contributed by atoms with Crippen molar-refractivity contribution in [1.82, 2.24) is 16.0 Å². The monoisotopic (exact) mass is 523 g/mol. The average Bonchev–Trinajstić information content (AvgIpc) is 2.80. The molecular formula is C23H33N5O9. The van der Waals surface area contributed by atoms with Gasteiger partial charge in [0.05, 0.1) is 12.5 Å². The van der Waals surface area contributed by atoms with Gasteiger partial charge in [0.2, 0.25) is 23.6 Å². The number of nitrogens with one attached hydrogen (secondary N) is 3. The van der Waals surface area contributed by atoms with E-state index in [0.29, 0.717) is 5.56 Å². The van der Waals surface area contributed by atoms with Gasteiger partial charge in [0, 0.05) is 12.8 Å². The smallest absolute Gasteiger partial charge is 0.326 e. The van der Waals surface area contributed by atoms with Crippen LogP contribution in [0, 0.1) is 5.92 Å². The molecular weight excluding hydrogens is 490 g/mol. The molecule has 1 rings (SSSR count). The number of carbonyl (C=O) groups excluding carboxylic acids is 4. The van der Waals surface area contributed by atoms with E-state index in [1.165, 1.54) is 24.3 Å². The number of aliphatic carboxylic acids is 2. The number of nitrogens with two attached hydrogens (primary N) is 2. The SMILES string of the molecule is CC(C)C(N)C(=O)NC(Cc1ccc(O)cc1)C(=O)NC(CC(=O)O)C(=O)NC(CCC(N)=O)C(=O)O. The van der Waals surface area contributed by atoms with Gasteiger partial charge in [-0.05, 0) is 30.0 Å². The van der Waals surface area contributed by atoms with Gasteiger partial charge in [-0.2, -0.15) is 0 Å². The van der Waals surface area contributed by atoms with Crippen LogP contribution in [0.2, 0.25) is 0 Å². The standard InChI is InChI=1S/C23H33N5O9/c1-11(2)19(25)22(35)28-15(9-12-3-5-13(29)6-4-12)20(33)27-16(10-18(31)32)21(34)26-14(23(36)37)7-8-17(24)30/h3-6,11,14-16,19,29H,7-10,25H2,1-2H3,(H2,24,30)(H,26,34)(H,27,33)(H,28,35)(H,31,32)(H,36,37). The van der Waals surface area contributed by atoms with E-state index < -0.39 is 66.2 Å². The molecule has 204 valence electrons. The van der Waals surface area contributed by atoms with Gasteiger partial charge in [0.1, 0.15) is 23.9 Å². The second-order valence-corrected chi connectivity index (χ2v) is 8.76. The maximum absolute atomic E-state index is 13.1. The van der Waals surface area contributed by atoms with E-state index in [2.05, 4.69) is 16.0 Å². The fourth-order valence-electron chi connectivity index (χ4n) is 3.12. The molecule has 0 aliphatic heterocycles. The Hall–Kier alpha value is -4.20. The second kappa shape index (κ2) is 14.4. The Morgan fingerprint density at radius 2 is 1.35 bits per heavy atom. The number of amides is 4. The van der Waals surface area contributed by atoms with E-state index in [9.17, 15) is 44.1 Å². The topological polar surface area (TPSA) is 251 Å². The van der Waals surface area contributed by atoms with Crippen LogP contribution in [0.25, 0.3) is 0 Å². The molecule has 0 saturated heterocycles. The summed E-state index contributed by atoms with van der Waals surface area (Å²) >= 11 is 0. The van der Waals surface area contributed by atoms with E-state index in [-0.39, 0.29) is 30.9 Å². The number of benzene rings is 1. The van der Waals surface area contributed by atoms with Crippen molar-refractivity contribution >= 4 is 35.6 Å². The molecule has 4 amide bonds. The van der Waals surface area contributed by atoms with Crippen LogP contribution < -0.4 is 27.4 Å². The Bertz CT molecular complexity index is 997. The third-order valence-electron chi connectivity index (χ3n) is 5.34. The van der Waals surface area contributed by atoms with E-state index in [1.807, 2.05) is 0 Å². The van der Waals surface area contributed by atoms with Gasteiger partial charge in [0.25, 0.3) is 0 Å². The van der Waals surface area contributed by atoms with Gasteiger partial charge in [-0.25, -0.2) is 4.79 Å². The number of carbonyl (C=O) groups is 6. The van der Waals surface area contributed by atoms with Crippen LogP contribution in [-0.4, -0.2) is 75.1 Å². The van der Waals surface area contributed by atoms with Gasteiger partial charge in [-0.3, -0.25) is 24.0 Å². The normalized spacial score (nSPS) is 14.1. The molecule has 0 bridgehead atoms. The highest BCUT2D eigenvalue weighted by Crippen LogP contribution is 2.12. The summed E-state index contributed by atoms with van der Waals surface area (Å²) in [5, 5.41) is 34.8. The molecule has 14 heteroatoms. The summed E-state index contributed by atoms with van der Waals surface area (Å²) in [7, 11) is 0. The fourth-order valence-corrected chi connectivity index (χ4v) is 3.12. The number of carboxylic acids is 2. The molecule has 0 aliphatic rings. The van der Waals surface area contributed by atoms with Crippen molar-refractivity contribution in [2.24, 2.45) is 17.4 Å². The first-order valence-electron chi connectivity index (χ1n) is 11.4. The van der Waals surface area contributed by atoms with E-state index >= 15 is 0 Å². The Labute approximate surface area is 212 Å². The summed E-state index contributed by atoms with van der Waals surface area (Å²) in [6.45, 7) is 3.40. The zero-order valence-electron chi connectivity index (χ0n) is 20.5. The third kappa shape index (κ3) is 10.9. The molecule has 10 N–H and O–H groups in total. The summed E-state index contributed by atoms with van der Waals surface area (Å²) in [6.07, 6.45) is -1.70. The zero-order valence-corrected chi connectivity index (χ0v) is 20.5. The first kappa shape index (κ1) is 30.8. The van der Waals surface area contributed by atoms with Gasteiger partial charge >= 0.3 is 11.9 Å². The van der Waals surface area contributed by atoms with Crippen LogP contribution in [-0.2, 0) is 35.2 Å². The highest BCUT2D eigenvalue weighted by molar-refractivity contribution is 5.95. The molecule has 0 fully saturated rings. The van der Waals surface area contributed by atoms with Crippen LogP contribution in [0.1, 0.15) is 38.7 Å². The predicted molar refractivity (Wildman–Crippen MR) is 129 cm³/mol. The van der Waals surface area contributed by atoms with Gasteiger partial charge in [0.15, 0.2) is 0 Å². The van der Waals surface area contributed by atoms with Crippen molar-refractivity contribution in [3.05, 3.63) is 29.8 Å². The molecule has 0 radical (unpaired) electrons. The summed E-state index contributed by atoms with van der Waals surface area (Å²) in [6, 6.07) is 0.202. The van der Waals surface area contributed by atoms with Gasteiger partial charge in [-0.1, -0.05) is 26.0 Å². The van der Waals surface area contributed by atoms with Crippen LogP contribution in [0.15, 0.2) is 24.3 Å². The van der Waals surface area contributed by atoms with Crippen molar-refractivity contribution in [3.8, 4) is 5.75 Å². The third-order valence-corrected chi connectivity index (χ3v) is 5.34. The summed E-state index contributed by atoms with van der Waals surface area (Å²) in [4.78, 5) is 72.1. The summed E-state index contributed by atoms with van der Waals surface area (Å²) in [5.41, 5.74) is 11.4. The fraction of sp³-hybridized carbons (Fsp3) is 0.478. The van der Waals surface area contributed by atoms with Crippen molar-refractivity contribution in [2.75, 3.05) is 0 Å². The lowest BCUT2D eigenvalue weighted by molar-refractivity contribution is -0.143. The number of phenolic OH excluding ortho intramolecular Hbond substituents is 1. The number of hydrogen-bond acceptors (Lipinski definition) is 8. The quantitative estimate of drug-likeness (QED) is 0.128. The lowest BCUT2D eigenvalue weighted by Gasteiger charge is -2.25. The average molecular weight is 524 g/mol. The van der Waals surface area contributed by atoms with Gasteiger partial charge in [-0.15, -0.1) is 0 Å². The summed E-state index contributed by atoms with van der Waals surface area (Å²) < 4.78 is 0. The minimum absolute atomic E-state index is 0.0295. The zero-order chi connectivity index (χ0) is 28.3. The first-order valence-corrected chi connectivity index (χ1v) is 11.4. The predicted octanol–water partition coefficient (Wildman–Crippen LogP) is -1.80. The van der Waals surface area contributed by atoms with Gasteiger partial charge < -0.3 is 42.7 Å². The summed E-state index contributed by atoms with van der Waals surface area (Å²) in [5.74, 6) is -6.77. The highest BCUT2D eigenvalue weighted by Gasteiger charge is 2.32. The molecule has 0 saturated carbocycles. The number of phenols is 1. The lowest BCUT2D eigenvalue weighted by atomic mass is 10.0. The molecule has 14 nitrogen and oxygen atoms in total. The molecule has 4 unspecified atom stereocenters. The van der Waals surface area contributed by atoms with Crippen LogP contribution in [0.4, 0.5) is 0 Å². The molecule has 4 atom stereocenters. The molecule has 0 aliphatic carbocycles. The Balaban J connectivity index is 3.14. The van der Waals surface area contributed by atoms with Crippen molar-refractivity contribution < 1.29 is 44.1 Å². The lowest BCUT2D eigenvalue weighted by Crippen LogP contribution is -2.58. The molecule has 1 aromatic rings. The molecule has 37 heavy (non-hydrogen) atoms. The second-order valence-electron chi connectivity index (χ2n) is 8.76. The minimum Gasteiger partial charge on any atom is -0.508 e.